The van der Waals surface area contributed by atoms with Gasteiger partial charge in [0.25, 0.3) is 0 Å². The Hall–Kier alpha value is -1.81. The third-order valence-corrected chi connectivity index (χ3v) is 3.32. The molecule has 1 aliphatic rings. The summed E-state index contributed by atoms with van der Waals surface area (Å²) >= 11 is 0. The molecule has 1 aromatic carbocycles. The van der Waals surface area contributed by atoms with Crippen LogP contribution in [0.3, 0.4) is 0 Å². The van der Waals surface area contributed by atoms with E-state index in [9.17, 15) is 4.79 Å². The van der Waals surface area contributed by atoms with Gasteiger partial charge in [0.2, 0.25) is 5.91 Å². The molecule has 0 bridgehead atoms. The number of anilines is 1. The minimum absolute atomic E-state index is 0.113. The molecule has 108 valence electrons. The Labute approximate surface area is 120 Å². The molecule has 4 heteroatoms. The number of carbonyl (C=O) groups is 1. The van der Waals surface area contributed by atoms with Crippen molar-refractivity contribution >= 4 is 11.6 Å². The molecule has 0 aromatic heterocycles. The van der Waals surface area contributed by atoms with E-state index in [1.165, 1.54) is 0 Å². The first-order valence-corrected chi connectivity index (χ1v) is 7.04. The number of piperidine rings is 1. The highest BCUT2D eigenvalue weighted by atomic mass is 16.5. The molecule has 0 unspecified atom stereocenters. The van der Waals surface area contributed by atoms with Crippen molar-refractivity contribution < 1.29 is 9.53 Å². The first-order valence-electron chi connectivity index (χ1n) is 7.04. The lowest BCUT2D eigenvalue weighted by atomic mass is 9.97. The lowest BCUT2D eigenvalue weighted by Gasteiger charge is -2.21. The van der Waals surface area contributed by atoms with Gasteiger partial charge in [-0.15, -0.1) is 0 Å². The molecule has 1 amide bonds. The fourth-order valence-corrected chi connectivity index (χ4v) is 2.17. The van der Waals surface area contributed by atoms with Crippen LogP contribution in [0, 0.1) is 5.92 Å². The number of hydrogen-bond acceptors (Lipinski definition) is 3. The number of rotatable bonds is 5. The van der Waals surface area contributed by atoms with Crippen LogP contribution in [0.5, 0.6) is 5.75 Å². The highest BCUT2D eigenvalue weighted by Gasteiger charge is 2.20. The molecule has 1 saturated heterocycles. The van der Waals surface area contributed by atoms with E-state index in [4.69, 9.17) is 4.74 Å². The van der Waals surface area contributed by atoms with Crippen LogP contribution < -0.4 is 15.4 Å². The third-order valence-electron chi connectivity index (χ3n) is 3.32. The maximum atomic E-state index is 12.1. The molecule has 1 aromatic rings. The van der Waals surface area contributed by atoms with Crippen LogP contribution in [-0.4, -0.2) is 25.6 Å². The Bertz CT molecular complexity index is 462. The van der Waals surface area contributed by atoms with E-state index >= 15 is 0 Å². The van der Waals surface area contributed by atoms with Gasteiger partial charge in [0, 0.05) is 11.6 Å². The maximum Gasteiger partial charge on any atom is 0.227 e. The highest BCUT2D eigenvalue weighted by Crippen LogP contribution is 2.19. The number of nitrogens with one attached hydrogen (secondary N) is 2. The van der Waals surface area contributed by atoms with Gasteiger partial charge >= 0.3 is 0 Å². The number of carbonyl (C=O) groups excluding carboxylic acids is 1. The minimum atomic E-state index is 0.113. The molecule has 4 nitrogen and oxygen atoms in total. The summed E-state index contributed by atoms with van der Waals surface area (Å²) in [4.78, 5) is 12.1. The van der Waals surface area contributed by atoms with Gasteiger partial charge in [0.15, 0.2) is 0 Å². The van der Waals surface area contributed by atoms with E-state index in [1.54, 1.807) is 0 Å². The zero-order valence-electron chi connectivity index (χ0n) is 11.9. The lowest BCUT2D eigenvalue weighted by molar-refractivity contribution is -0.120. The average molecular weight is 274 g/mol. The molecule has 1 heterocycles. The zero-order valence-corrected chi connectivity index (χ0v) is 11.9. The molecule has 0 atom stereocenters. The summed E-state index contributed by atoms with van der Waals surface area (Å²) < 4.78 is 5.52. The minimum Gasteiger partial charge on any atom is -0.489 e. The van der Waals surface area contributed by atoms with Crippen molar-refractivity contribution in [2.75, 3.05) is 25.0 Å². The van der Waals surface area contributed by atoms with E-state index in [2.05, 4.69) is 17.2 Å². The van der Waals surface area contributed by atoms with Crippen molar-refractivity contribution in [2.24, 2.45) is 5.92 Å². The molecule has 0 radical (unpaired) electrons. The summed E-state index contributed by atoms with van der Waals surface area (Å²) in [5.41, 5.74) is 1.80. The first kappa shape index (κ1) is 14.6. The topological polar surface area (TPSA) is 50.4 Å². The summed E-state index contributed by atoms with van der Waals surface area (Å²) in [6, 6.07) is 7.46. The number of hydrogen-bond donors (Lipinski definition) is 2. The van der Waals surface area contributed by atoms with Crippen LogP contribution in [0.25, 0.3) is 0 Å². The molecule has 0 saturated carbocycles. The number of amides is 1. The normalized spacial score (nSPS) is 15.7. The molecule has 0 aliphatic carbocycles. The Morgan fingerprint density at radius 3 is 2.60 bits per heavy atom. The van der Waals surface area contributed by atoms with E-state index < -0.39 is 0 Å². The van der Waals surface area contributed by atoms with Gasteiger partial charge in [-0.2, -0.15) is 0 Å². The van der Waals surface area contributed by atoms with Crippen molar-refractivity contribution in [3.8, 4) is 5.75 Å². The molecule has 1 aliphatic heterocycles. The number of benzene rings is 1. The van der Waals surface area contributed by atoms with Crippen molar-refractivity contribution in [1.29, 1.82) is 0 Å². The van der Waals surface area contributed by atoms with Crippen molar-refractivity contribution in [1.82, 2.24) is 5.32 Å². The second-order valence-corrected chi connectivity index (χ2v) is 5.28. The predicted molar refractivity (Wildman–Crippen MR) is 81.0 cm³/mol. The fourth-order valence-electron chi connectivity index (χ4n) is 2.17. The van der Waals surface area contributed by atoms with Crippen LogP contribution in [0.1, 0.15) is 19.8 Å². The summed E-state index contributed by atoms with van der Waals surface area (Å²) in [7, 11) is 0. The molecule has 0 spiro atoms. The van der Waals surface area contributed by atoms with Crippen molar-refractivity contribution in [3.05, 3.63) is 36.4 Å². The lowest BCUT2D eigenvalue weighted by Crippen LogP contribution is -2.34. The standard InChI is InChI=1S/C16H22N2O2/c1-12(2)11-20-15-5-3-14(4-6-15)18-16(19)13-7-9-17-10-8-13/h3-6,13,17H,1,7-11H2,2H3,(H,18,19). The Kier molecular flexibility index (Phi) is 5.18. The van der Waals surface area contributed by atoms with Crippen molar-refractivity contribution in [2.45, 2.75) is 19.8 Å². The number of ether oxygens (including phenoxy) is 1. The monoisotopic (exact) mass is 274 g/mol. The molecule has 1 fully saturated rings. The summed E-state index contributed by atoms with van der Waals surface area (Å²) in [6.07, 6.45) is 1.82. The second kappa shape index (κ2) is 7.10. The van der Waals surface area contributed by atoms with E-state index in [0.717, 1.165) is 42.9 Å². The fraction of sp³-hybridized carbons (Fsp3) is 0.438. The van der Waals surface area contributed by atoms with Gasteiger partial charge in [-0.3, -0.25) is 4.79 Å². The first-order chi connectivity index (χ1) is 9.65. The van der Waals surface area contributed by atoms with Gasteiger partial charge in [-0.05, 0) is 62.7 Å². The summed E-state index contributed by atoms with van der Waals surface area (Å²) in [6.45, 7) is 8.08. The predicted octanol–water partition coefficient (Wildman–Crippen LogP) is 2.58. The Balaban J connectivity index is 1.86. The molecule has 2 rings (SSSR count). The van der Waals surface area contributed by atoms with Crippen molar-refractivity contribution in [3.63, 3.8) is 0 Å². The zero-order chi connectivity index (χ0) is 14.4. The van der Waals surface area contributed by atoms with Crippen LogP contribution in [0.4, 0.5) is 5.69 Å². The van der Waals surface area contributed by atoms with Crippen LogP contribution >= 0.6 is 0 Å². The van der Waals surface area contributed by atoms with Gasteiger partial charge in [0.05, 0.1) is 0 Å². The van der Waals surface area contributed by atoms with Gasteiger partial charge in [-0.1, -0.05) is 6.58 Å². The highest BCUT2D eigenvalue weighted by molar-refractivity contribution is 5.92. The SMILES string of the molecule is C=C(C)COc1ccc(NC(=O)C2CCNCC2)cc1. The van der Waals surface area contributed by atoms with Gasteiger partial charge in [0.1, 0.15) is 12.4 Å². The smallest absolute Gasteiger partial charge is 0.227 e. The van der Waals surface area contributed by atoms with E-state index in [-0.39, 0.29) is 11.8 Å². The molecular formula is C16H22N2O2. The second-order valence-electron chi connectivity index (χ2n) is 5.28. The van der Waals surface area contributed by atoms with E-state index in [0.29, 0.717) is 6.61 Å². The van der Waals surface area contributed by atoms with Gasteiger partial charge < -0.3 is 15.4 Å². The van der Waals surface area contributed by atoms with Crippen LogP contribution in [-0.2, 0) is 4.79 Å². The molecule has 20 heavy (non-hydrogen) atoms. The van der Waals surface area contributed by atoms with Crippen LogP contribution in [0.2, 0.25) is 0 Å². The van der Waals surface area contributed by atoms with Crippen LogP contribution in [0.15, 0.2) is 36.4 Å². The average Bonchev–Trinajstić information content (AvgIpc) is 2.47. The van der Waals surface area contributed by atoms with E-state index in [1.807, 2.05) is 31.2 Å². The van der Waals surface area contributed by atoms with Gasteiger partial charge in [-0.25, -0.2) is 0 Å². The summed E-state index contributed by atoms with van der Waals surface area (Å²) in [5, 5.41) is 6.22. The molecule has 2 N–H and O–H groups in total. The molecular weight excluding hydrogens is 252 g/mol. The summed E-state index contributed by atoms with van der Waals surface area (Å²) in [5.74, 6) is 1.02. The largest absolute Gasteiger partial charge is 0.489 e. The maximum absolute atomic E-state index is 12.1. The quantitative estimate of drug-likeness (QED) is 0.811. The third kappa shape index (κ3) is 4.38. The Morgan fingerprint density at radius 2 is 2.00 bits per heavy atom. The Morgan fingerprint density at radius 1 is 1.35 bits per heavy atom.